The third-order valence-corrected chi connectivity index (χ3v) is 5.24. The maximum Gasteiger partial charge on any atom is 0.120 e. The van der Waals surface area contributed by atoms with E-state index in [0.29, 0.717) is 5.75 Å². The van der Waals surface area contributed by atoms with Crippen molar-refractivity contribution in [1.82, 2.24) is 5.32 Å². The van der Waals surface area contributed by atoms with Gasteiger partial charge in [0.15, 0.2) is 0 Å². The first-order valence-electron chi connectivity index (χ1n) is 7.93. The Morgan fingerprint density at radius 1 is 1.29 bits per heavy atom. The molecule has 1 unspecified atom stereocenters. The fourth-order valence-corrected chi connectivity index (χ4v) is 3.69. The minimum Gasteiger partial charge on any atom is -0.508 e. The van der Waals surface area contributed by atoms with Crippen molar-refractivity contribution in [3.05, 3.63) is 28.2 Å². The summed E-state index contributed by atoms with van der Waals surface area (Å²) in [6, 6.07) is 5.67. The summed E-state index contributed by atoms with van der Waals surface area (Å²) in [6.07, 6.45) is 6.80. The fraction of sp³-hybridized carbons (Fsp3) is 0.647. The summed E-state index contributed by atoms with van der Waals surface area (Å²) in [6.45, 7) is 3.18. The molecule has 0 aromatic heterocycles. The summed E-state index contributed by atoms with van der Waals surface area (Å²) in [7, 11) is 0. The summed E-state index contributed by atoms with van der Waals surface area (Å²) in [5.74, 6) is 0.333. The molecule has 4 heteroatoms. The van der Waals surface area contributed by atoms with Crippen LogP contribution in [0.15, 0.2) is 22.7 Å². The molecule has 1 aliphatic rings. The van der Waals surface area contributed by atoms with Crippen molar-refractivity contribution < 1.29 is 10.2 Å². The molecular formula is C17H26BrNO2. The molecule has 1 aromatic rings. The van der Waals surface area contributed by atoms with Gasteiger partial charge < -0.3 is 15.5 Å². The zero-order valence-electron chi connectivity index (χ0n) is 12.7. The molecule has 0 aliphatic heterocycles. The molecule has 21 heavy (non-hydrogen) atoms. The SMILES string of the molecule is CCC(NCC1(CO)CCCCC1)c1cc(Br)ccc1O. The highest BCUT2D eigenvalue weighted by Gasteiger charge is 2.32. The predicted octanol–water partition coefficient (Wildman–Crippen LogP) is 4.14. The lowest BCUT2D eigenvalue weighted by atomic mass is 9.74. The first kappa shape index (κ1) is 16.8. The number of nitrogens with one attached hydrogen (secondary N) is 1. The van der Waals surface area contributed by atoms with Crippen LogP contribution in [0.25, 0.3) is 0 Å². The first-order valence-corrected chi connectivity index (χ1v) is 8.72. The normalized spacial score (nSPS) is 19.4. The Bertz CT molecular complexity index is 458. The van der Waals surface area contributed by atoms with E-state index in [1.165, 1.54) is 19.3 Å². The monoisotopic (exact) mass is 355 g/mol. The Morgan fingerprint density at radius 3 is 2.62 bits per heavy atom. The molecule has 3 N–H and O–H groups in total. The second-order valence-corrected chi connectivity index (χ2v) is 7.18. The van der Waals surface area contributed by atoms with Crippen LogP contribution in [0, 0.1) is 5.41 Å². The van der Waals surface area contributed by atoms with E-state index in [9.17, 15) is 10.2 Å². The molecule has 1 aliphatic carbocycles. The number of phenols is 1. The standard InChI is InChI=1S/C17H26BrNO2/c1-2-15(14-10-13(18)6-7-16(14)21)19-11-17(12-20)8-4-3-5-9-17/h6-7,10,15,19-21H,2-5,8-9,11-12H2,1H3. The van der Waals surface area contributed by atoms with E-state index in [4.69, 9.17) is 0 Å². The number of rotatable bonds is 6. The summed E-state index contributed by atoms with van der Waals surface area (Å²) in [5, 5.41) is 23.5. The van der Waals surface area contributed by atoms with Gasteiger partial charge in [0.1, 0.15) is 5.75 Å². The van der Waals surface area contributed by atoms with Gasteiger partial charge in [-0.25, -0.2) is 0 Å². The number of halogens is 1. The Labute approximate surface area is 135 Å². The third kappa shape index (κ3) is 4.21. The smallest absolute Gasteiger partial charge is 0.120 e. The summed E-state index contributed by atoms with van der Waals surface area (Å²) < 4.78 is 0.977. The van der Waals surface area contributed by atoms with Crippen molar-refractivity contribution in [1.29, 1.82) is 0 Å². The van der Waals surface area contributed by atoms with Crippen LogP contribution in [0.3, 0.4) is 0 Å². The van der Waals surface area contributed by atoms with E-state index in [1.807, 2.05) is 12.1 Å². The van der Waals surface area contributed by atoms with Crippen LogP contribution in [0.1, 0.15) is 57.1 Å². The van der Waals surface area contributed by atoms with Gasteiger partial charge in [0.25, 0.3) is 0 Å². The van der Waals surface area contributed by atoms with Crippen LogP contribution in [-0.2, 0) is 0 Å². The number of hydrogen-bond acceptors (Lipinski definition) is 3. The van der Waals surface area contributed by atoms with Crippen LogP contribution >= 0.6 is 15.9 Å². The quantitative estimate of drug-likeness (QED) is 0.718. The molecule has 1 saturated carbocycles. The molecule has 118 valence electrons. The first-order chi connectivity index (χ1) is 10.1. The highest BCUT2D eigenvalue weighted by atomic mass is 79.9. The van der Waals surface area contributed by atoms with Crippen LogP contribution in [0.2, 0.25) is 0 Å². The summed E-state index contributed by atoms with van der Waals surface area (Å²) in [4.78, 5) is 0. The summed E-state index contributed by atoms with van der Waals surface area (Å²) in [5.41, 5.74) is 0.948. The Kier molecular flexibility index (Phi) is 6.08. The Morgan fingerprint density at radius 2 is 2.00 bits per heavy atom. The minimum atomic E-state index is 0.0211. The number of aliphatic hydroxyl groups excluding tert-OH is 1. The number of aliphatic hydroxyl groups is 1. The molecule has 2 rings (SSSR count). The largest absolute Gasteiger partial charge is 0.508 e. The average Bonchev–Trinajstić information content (AvgIpc) is 2.52. The van der Waals surface area contributed by atoms with Crippen molar-refractivity contribution in [3.8, 4) is 5.75 Å². The van der Waals surface area contributed by atoms with Gasteiger partial charge in [0, 0.05) is 34.6 Å². The van der Waals surface area contributed by atoms with Crippen LogP contribution in [0.4, 0.5) is 0 Å². The van der Waals surface area contributed by atoms with Crippen LogP contribution < -0.4 is 5.32 Å². The van der Waals surface area contributed by atoms with Crippen molar-refractivity contribution in [3.63, 3.8) is 0 Å². The van der Waals surface area contributed by atoms with Crippen molar-refractivity contribution in [2.24, 2.45) is 5.41 Å². The van der Waals surface area contributed by atoms with Crippen molar-refractivity contribution in [2.45, 2.75) is 51.5 Å². The Hall–Kier alpha value is -0.580. The lowest BCUT2D eigenvalue weighted by Crippen LogP contribution is -2.40. The lowest BCUT2D eigenvalue weighted by Gasteiger charge is -2.37. The van der Waals surface area contributed by atoms with Gasteiger partial charge in [-0.05, 0) is 37.5 Å². The third-order valence-electron chi connectivity index (χ3n) is 4.75. The van der Waals surface area contributed by atoms with E-state index in [-0.39, 0.29) is 18.1 Å². The van der Waals surface area contributed by atoms with Crippen LogP contribution in [0.5, 0.6) is 5.75 Å². The van der Waals surface area contributed by atoms with Gasteiger partial charge in [0.2, 0.25) is 0 Å². The molecule has 0 spiro atoms. The van der Waals surface area contributed by atoms with E-state index in [1.54, 1.807) is 6.07 Å². The molecule has 0 bridgehead atoms. The van der Waals surface area contributed by atoms with E-state index < -0.39 is 0 Å². The molecule has 0 radical (unpaired) electrons. The predicted molar refractivity (Wildman–Crippen MR) is 89.4 cm³/mol. The number of hydrogen-bond donors (Lipinski definition) is 3. The molecule has 0 saturated heterocycles. The van der Waals surface area contributed by atoms with Crippen molar-refractivity contribution >= 4 is 15.9 Å². The lowest BCUT2D eigenvalue weighted by molar-refractivity contribution is 0.0780. The van der Waals surface area contributed by atoms with Gasteiger partial charge >= 0.3 is 0 Å². The molecule has 1 fully saturated rings. The molecule has 0 amide bonds. The second-order valence-electron chi connectivity index (χ2n) is 6.26. The van der Waals surface area contributed by atoms with E-state index in [2.05, 4.69) is 28.2 Å². The van der Waals surface area contributed by atoms with Crippen molar-refractivity contribution in [2.75, 3.05) is 13.2 Å². The van der Waals surface area contributed by atoms with E-state index >= 15 is 0 Å². The molecular weight excluding hydrogens is 330 g/mol. The van der Waals surface area contributed by atoms with Gasteiger partial charge in [0.05, 0.1) is 0 Å². The van der Waals surface area contributed by atoms with Gasteiger partial charge in [-0.3, -0.25) is 0 Å². The van der Waals surface area contributed by atoms with Gasteiger partial charge in [-0.2, -0.15) is 0 Å². The molecule has 1 aromatic carbocycles. The number of phenolic OH excluding ortho intramolecular Hbond substituents is 1. The fourth-order valence-electron chi connectivity index (χ4n) is 3.31. The maximum atomic E-state index is 10.1. The number of benzene rings is 1. The Balaban J connectivity index is 2.06. The summed E-state index contributed by atoms with van der Waals surface area (Å²) >= 11 is 3.47. The van der Waals surface area contributed by atoms with Gasteiger partial charge in [-0.15, -0.1) is 0 Å². The van der Waals surface area contributed by atoms with E-state index in [0.717, 1.165) is 35.8 Å². The highest BCUT2D eigenvalue weighted by Crippen LogP contribution is 2.36. The minimum absolute atomic E-state index is 0.0211. The number of aromatic hydroxyl groups is 1. The molecule has 1 atom stereocenters. The maximum absolute atomic E-state index is 10.1. The topological polar surface area (TPSA) is 52.5 Å². The van der Waals surface area contributed by atoms with Crippen LogP contribution in [-0.4, -0.2) is 23.4 Å². The molecule has 0 heterocycles. The average molecular weight is 356 g/mol. The molecule has 3 nitrogen and oxygen atoms in total. The zero-order valence-corrected chi connectivity index (χ0v) is 14.3. The highest BCUT2D eigenvalue weighted by molar-refractivity contribution is 9.10. The second kappa shape index (κ2) is 7.61. The zero-order chi connectivity index (χ0) is 15.3. The van der Waals surface area contributed by atoms with Gasteiger partial charge in [-0.1, -0.05) is 42.1 Å².